The number of hydrogen-bond acceptors (Lipinski definition) is 10. The van der Waals surface area contributed by atoms with Crippen LogP contribution >= 0.6 is 0 Å². The molecule has 0 bridgehead atoms. The molecule has 1 saturated heterocycles. The quantitative estimate of drug-likeness (QED) is 0.0477. The van der Waals surface area contributed by atoms with Crippen LogP contribution in [0.4, 0.5) is 0 Å². The summed E-state index contributed by atoms with van der Waals surface area (Å²) in [5, 5.41) is 39.7. The van der Waals surface area contributed by atoms with Gasteiger partial charge in [-0.1, -0.05) is 103 Å². The molecule has 1 fully saturated rings. The first-order valence-electron chi connectivity index (χ1n) is 17.8. The minimum Gasteiger partial charge on any atom is -0.462 e. The molecule has 6 atom stereocenters. The smallest absolute Gasteiger partial charge is 0.306 e. The number of aliphatic hydroxyl groups is 4. The second kappa shape index (κ2) is 27.5. The highest BCUT2D eigenvalue weighted by Crippen LogP contribution is 2.22. The fraction of sp³-hybridized carbons (Fsp3) is 0.886. The second-order valence-corrected chi connectivity index (χ2v) is 12.3. The number of esters is 2. The minimum atomic E-state index is -1.59. The van der Waals surface area contributed by atoms with Gasteiger partial charge in [0.05, 0.1) is 13.2 Å². The van der Waals surface area contributed by atoms with Crippen LogP contribution < -0.4 is 0 Å². The van der Waals surface area contributed by atoms with Crippen LogP contribution in [0.3, 0.4) is 0 Å². The maximum absolute atomic E-state index is 12.5. The Kier molecular flexibility index (Phi) is 25.4. The van der Waals surface area contributed by atoms with E-state index in [0.29, 0.717) is 6.42 Å². The molecular formula is C35H64O10. The highest BCUT2D eigenvalue weighted by molar-refractivity contribution is 5.70. The van der Waals surface area contributed by atoms with Crippen LogP contribution in [-0.4, -0.2) is 89.0 Å². The summed E-state index contributed by atoms with van der Waals surface area (Å²) < 4.78 is 21.9. The van der Waals surface area contributed by atoms with Crippen molar-refractivity contribution in [3.05, 3.63) is 12.2 Å². The normalized spacial score (nSPS) is 22.5. The molecule has 1 heterocycles. The van der Waals surface area contributed by atoms with Gasteiger partial charge in [0, 0.05) is 12.8 Å². The van der Waals surface area contributed by atoms with Crippen molar-refractivity contribution in [3.8, 4) is 0 Å². The SMILES string of the molecule is CCCCCC/C=C/CCCCCCCC(=O)OC[C@H](CO[C@@H]1O[C@H](CO)[C@H](O)C(O)C1O)OC(=O)CCCCCCCCC. The third-order valence-corrected chi connectivity index (χ3v) is 8.15. The van der Waals surface area contributed by atoms with Gasteiger partial charge in [0.15, 0.2) is 12.4 Å². The molecule has 0 aromatic heterocycles. The molecule has 0 spiro atoms. The fourth-order valence-electron chi connectivity index (χ4n) is 5.24. The van der Waals surface area contributed by atoms with E-state index < -0.39 is 49.4 Å². The van der Waals surface area contributed by atoms with Crippen LogP contribution in [-0.2, 0) is 28.5 Å². The van der Waals surface area contributed by atoms with E-state index in [1.54, 1.807) is 0 Å². The molecule has 0 radical (unpaired) electrons. The summed E-state index contributed by atoms with van der Waals surface area (Å²) in [6.45, 7) is 3.32. The van der Waals surface area contributed by atoms with E-state index in [9.17, 15) is 30.0 Å². The van der Waals surface area contributed by atoms with Crippen molar-refractivity contribution in [2.24, 2.45) is 0 Å². The van der Waals surface area contributed by atoms with Gasteiger partial charge in [-0.05, 0) is 38.5 Å². The largest absolute Gasteiger partial charge is 0.462 e. The number of ether oxygens (including phenoxy) is 4. The van der Waals surface area contributed by atoms with Gasteiger partial charge in [0.1, 0.15) is 31.0 Å². The molecule has 2 unspecified atom stereocenters. The van der Waals surface area contributed by atoms with E-state index >= 15 is 0 Å². The first kappa shape index (κ1) is 41.5. The molecule has 4 N–H and O–H groups in total. The van der Waals surface area contributed by atoms with E-state index in [-0.39, 0.29) is 32.0 Å². The average Bonchev–Trinajstić information content (AvgIpc) is 3.03. The highest BCUT2D eigenvalue weighted by atomic mass is 16.7. The number of hydrogen-bond donors (Lipinski definition) is 4. The molecule has 264 valence electrons. The van der Waals surface area contributed by atoms with Crippen molar-refractivity contribution in [1.29, 1.82) is 0 Å². The van der Waals surface area contributed by atoms with Gasteiger partial charge in [-0.15, -0.1) is 0 Å². The van der Waals surface area contributed by atoms with Gasteiger partial charge in [-0.25, -0.2) is 0 Å². The van der Waals surface area contributed by atoms with Gasteiger partial charge in [-0.2, -0.15) is 0 Å². The van der Waals surface area contributed by atoms with Crippen molar-refractivity contribution in [2.75, 3.05) is 19.8 Å². The monoisotopic (exact) mass is 644 g/mol. The standard InChI is InChI=1S/C35H64O10/c1-3-5-7-9-11-12-13-14-15-16-18-19-21-23-30(37)42-26-28(44-31(38)24-22-20-17-10-8-6-4-2)27-43-35-34(41)33(40)32(39)29(25-36)45-35/h12-13,28-29,32-36,39-41H,3-11,14-27H2,1-2H3/b13-12+/t28-,29-,32+,33?,34?,35-/m1/s1. The molecule has 1 rings (SSSR count). The fourth-order valence-corrected chi connectivity index (χ4v) is 5.24. The third-order valence-electron chi connectivity index (χ3n) is 8.15. The van der Waals surface area contributed by atoms with Crippen LogP contribution in [0.2, 0.25) is 0 Å². The van der Waals surface area contributed by atoms with E-state index in [1.165, 1.54) is 51.4 Å². The van der Waals surface area contributed by atoms with Crippen molar-refractivity contribution in [1.82, 2.24) is 0 Å². The number of rotatable bonds is 28. The zero-order chi connectivity index (χ0) is 33.1. The predicted molar refractivity (Wildman–Crippen MR) is 173 cm³/mol. The molecule has 0 amide bonds. The van der Waals surface area contributed by atoms with Crippen LogP contribution in [0, 0.1) is 0 Å². The topological polar surface area (TPSA) is 152 Å². The summed E-state index contributed by atoms with van der Waals surface area (Å²) in [5.41, 5.74) is 0. The Balaban J connectivity index is 2.41. The van der Waals surface area contributed by atoms with Crippen LogP contribution in [0.1, 0.15) is 142 Å². The van der Waals surface area contributed by atoms with Gasteiger partial charge in [0.2, 0.25) is 0 Å². The van der Waals surface area contributed by atoms with E-state index in [4.69, 9.17) is 18.9 Å². The highest BCUT2D eigenvalue weighted by Gasteiger charge is 2.44. The summed E-state index contributed by atoms with van der Waals surface area (Å²) >= 11 is 0. The maximum atomic E-state index is 12.5. The average molecular weight is 645 g/mol. The zero-order valence-electron chi connectivity index (χ0n) is 28.1. The van der Waals surface area contributed by atoms with Crippen LogP contribution in [0.15, 0.2) is 12.2 Å². The molecule has 0 saturated carbocycles. The van der Waals surface area contributed by atoms with E-state index in [2.05, 4.69) is 26.0 Å². The molecule has 1 aliphatic rings. The molecule has 10 nitrogen and oxygen atoms in total. The van der Waals surface area contributed by atoms with E-state index in [1.807, 2.05) is 0 Å². The molecule has 1 aliphatic heterocycles. The van der Waals surface area contributed by atoms with E-state index in [0.717, 1.165) is 57.8 Å². The predicted octanol–water partition coefficient (Wildman–Crippen LogP) is 5.66. The van der Waals surface area contributed by atoms with Crippen LogP contribution in [0.5, 0.6) is 0 Å². The Morgan fingerprint density at radius 1 is 0.667 bits per heavy atom. The maximum Gasteiger partial charge on any atom is 0.306 e. The van der Waals surface area contributed by atoms with Crippen molar-refractivity contribution in [3.63, 3.8) is 0 Å². The Bertz CT molecular complexity index is 759. The lowest BCUT2D eigenvalue weighted by molar-refractivity contribution is -0.305. The van der Waals surface area contributed by atoms with Crippen molar-refractivity contribution in [2.45, 2.75) is 179 Å². The molecule has 10 heteroatoms. The number of carbonyl (C=O) groups excluding carboxylic acids is 2. The first-order valence-corrected chi connectivity index (χ1v) is 17.8. The lowest BCUT2D eigenvalue weighted by Crippen LogP contribution is -2.59. The number of unbranched alkanes of at least 4 members (excludes halogenated alkanes) is 15. The number of allylic oxidation sites excluding steroid dienone is 2. The van der Waals surface area contributed by atoms with Crippen molar-refractivity contribution < 1.29 is 49.0 Å². The summed E-state index contributed by atoms with van der Waals surface area (Å²) in [6, 6.07) is 0. The lowest BCUT2D eigenvalue weighted by Gasteiger charge is -2.39. The van der Waals surface area contributed by atoms with Gasteiger partial charge in [-0.3, -0.25) is 9.59 Å². The Morgan fingerprint density at radius 3 is 1.76 bits per heavy atom. The Morgan fingerprint density at radius 2 is 1.18 bits per heavy atom. The third kappa shape index (κ3) is 20.3. The summed E-state index contributed by atoms with van der Waals surface area (Å²) in [5.74, 6) is -0.824. The Labute approximate surface area is 271 Å². The second-order valence-electron chi connectivity index (χ2n) is 12.3. The summed E-state index contributed by atoms with van der Waals surface area (Å²) in [6.07, 6.45) is 16.8. The molecule has 0 aromatic carbocycles. The summed E-state index contributed by atoms with van der Waals surface area (Å²) in [7, 11) is 0. The number of carbonyl (C=O) groups is 2. The molecule has 0 aliphatic carbocycles. The molecular weight excluding hydrogens is 580 g/mol. The van der Waals surface area contributed by atoms with Crippen LogP contribution in [0.25, 0.3) is 0 Å². The summed E-state index contributed by atoms with van der Waals surface area (Å²) in [4.78, 5) is 24.9. The molecule has 0 aromatic rings. The van der Waals surface area contributed by atoms with Gasteiger partial charge >= 0.3 is 11.9 Å². The lowest BCUT2D eigenvalue weighted by atomic mass is 9.99. The van der Waals surface area contributed by atoms with Gasteiger partial charge < -0.3 is 39.4 Å². The van der Waals surface area contributed by atoms with Crippen molar-refractivity contribution >= 4 is 11.9 Å². The molecule has 45 heavy (non-hydrogen) atoms. The number of aliphatic hydroxyl groups excluding tert-OH is 4. The Hall–Kier alpha value is -1.56. The first-order chi connectivity index (χ1) is 21.8. The minimum absolute atomic E-state index is 0.218. The zero-order valence-corrected chi connectivity index (χ0v) is 28.1. The van der Waals surface area contributed by atoms with Gasteiger partial charge in [0.25, 0.3) is 0 Å².